The standard InChI is InChI=1S/C18H24N2O/c21-18(15-9-3-1-4-10-15)20-14-8-7-13-17(20)19-16-11-5-2-6-12-16/h1,3,7-8,13-16H,2,4-6,9-12H2/t15-/m0/s1. The Kier molecular flexibility index (Phi) is 4.69. The van der Waals surface area contributed by atoms with Crippen LogP contribution in [-0.4, -0.2) is 16.5 Å². The Bertz CT molecular complexity index is 579. The van der Waals surface area contributed by atoms with Crippen molar-refractivity contribution in [1.82, 2.24) is 4.57 Å². The molecule has 3 nitrogen and oxygen atoms in total. The Hall–Kier alpha value is -1.64. The zero-order chi connectivity index (χ0) is 14.5. The summed E-state index contributed by atoms with van der Waals surface area (Å²) >= 11 is 0. The van der Waals surface area contributed by atoms with Gasteiger partial charge < -0.3 is 0 Å². The number of hydrogen-bond donors (Lipinski definition) is 0. The van der Waals surface area contributed by atoms with Gasteiger partial charge in [-0.2, -0.15) is 0 Å². The van der Waals surface area contributed by atoms with Crippen LogP contribution in [0.3, 0.4) is 0 Å². The van der Waals surface area contributed by atoms with Crippen molar-refractivity contribution < 1.29 is 4.79 Å². The maximum absolute atomic E-state index is 12.7. The van der Waals surface area contributed by atoms with Gasteiger partial charge in [-0.05, 0) is 44.2 Å². The normalized spacial score (nSPS) is 24.2. The number of carbonyl (C=O) groups excluding carboxylic acids is 1. The predicted octanol–water partition coefficient (Wildman–Crippen LogP) is 3.72. The Balaban J connectivity index is 1.86. The summed E-state index contributed by atoms with van der Waals surface area (Å²) in [4.78, 5) is 17.6. The van der Waals surface area contributed by atoms with E-state index in [4.69, 9.17) is 4.99 Å². The first kappa shape index (κ1) is 14.3. The lowest BCUT2D eigenvalue weighted by Gasteiger charge is -2.20. The highest BCUT2D eigenvalue weighted by Crippen LogP contribution is 2.21. The smallest absolute Gasteiger partial charge is 0.235 e. The van der Waals surface area contributed by atoms with Gasteiger partial charge in [0, 0.05) is 12.1 Å². The molecule has 0 bridgehead atoms. The van der Waals surface area contributed by atoms with Gasteiger partial charge in [0.25, 0.3) is 0 Å². The van der Waals surface area contributed by atoms with Crippen LogP contribution in [0.15, 0.2) is 41.5 Å². The summed E-state index contributed by atoms with van der Waals surface area (Å²) in [5.41, 5.74) is 0.837. The number of allylic oxidation sites excluding steroid dienone is 2. The first-order valence-corrected chi connectivity index (χ1v) is 8.25. The van der Waals surface area contributed by atoms with Crippen molar-refractivity contribution >= 4 is 5.91 Å². The van der Waals surface area contributed by atoms with Crippen LogP contribution < -0.4 is 5.49 Å². The molecule has 21 heavy (non-hydrogen) atoms. The van der Waals surface area contributed by atoms with Gasteiger partial charge in [-0.1, -0.05) is 37.5 Å². The second-order valence-electron chi connectivity index (χ2n) is 6.17. The fraction of sp³-hybridized carbons (Fsp3) is 0.556. The average molecular weight is 284 g/mol. The maximum Gasteiger partial charge on any atom is 0.235 e. The lowest BCUT2D eigenvalue weighted by Crippen LogP contribution is -2.33. The molecule has 0 aromatic carbocycles. The van der Waals surface area contributed by atoms with Gasteiger partial charge in [0.1, 0.15) is 5.49 Å². The summed E-state index contributed by atoms with van der Waals surface area (Å²) < 4.78 is 1.78. The molecule has 0 radical (unpaired) electrons. The predicted molar refractivity (Wildman–Crippen MR) is 84.0 cm³/mol. The molecule has 1 fully saturated rings. The van der Waals surface area contributed by atoms with E-state index >= 15 is 0 Å². The Morgan fingerprint density at radius 2 is 1.95 bits per heavy atom. The van der Waals surface area contributed by atoms with Crippen LogP contribution in [0.1, 0.15) is 56.2 Å². The molecule has 112 valence electrons. The van der Waals surface area contributed by atoms with E-state index in [-0.39, 0.29) is 11.8 Å². The lowest BCUT2D eigenvalue weighted by atomic mass is 9.93. The molecule has 3 rings (SSSR count). The topological polar surface area (TPSA) is 34.4 Å². The van der Waals surface area contributed by atoms with Crippen molar-refractivity contribution in [1.29, 1.82) is 0 Å². The average Bonchev–Trinajstić information content (AvgIpc) is 2.56. The van der Waals surface area contributed by atoms with E-state index in [0.717, 1.165) is 37.6 Å². The van der Waals surface area contributed by atoms with Gasteiger partial charge in [0.05, 0.1) is 6.04 Å². The highest BCUT2D eigenvalue weighted by molar-refractivity contribution is 5.81. The molecule has 1 aromatic heterocycles. The second-order valence-corrected chi connectivity index (χ2v) is 6.17. The van der Waals surface area contributed by atoms with Gasteiger partial charge in [0.2, 0.25) is 5.91 Å². The van der Waals surface area contributed by atoms with E-state index in [0.29, 0.717) is 6.04 Å². The molecular weight excluding hydrogens is 260 g/mol. The van der Waals surface area contributed by atoms with Crippen LogP contribution in [0.4, 0.5) is 0 Å². The molecule has 0 aliphatic heterocycles. The van der Waals surface area contributed by atoms with E-state index in [1.807, 2.05) is 24.4 Å². The van der Waals surface area contributed by atoms with Gasteiger partial charge >= 0.3 is 0 Å². The number of hydrogen-bond acceptors (Lipinski definition) is 2. The van der Waals surface area contributed by atoms with Crippen LogP contribution >= 0.6 is 0 Å². The summed E-state index contributed by atoms with van der Waals surface area (Å²) in [6.45, 7) is 0. The summed E-state index contributed by atoms with van der Waals surface area (Å²) in [6.07, 6.45) is 15.2. The third kappa shape index (κ3) is 3.52. The Morgan fingerprint density at radius 1 is 1.10 bits per heavy atom. The minimum Gasteiger partial charge on any atom is -0.274 e. The highest BCUT2D eigenvalue weighted by Gasteiger charge is 2.20. The molecule has 0 spiro atoms. The molecule has 0 amide bonds. The van der Waals surface area contributed by atoms with Crippen LogP contribution in [0.2, 0.25) is 0 Å². The first-order chi connectivity index (χ1) is 10.3. The summed E-state index contributed by atoms with van der Waals surface area (Å²) in [7, 11) is 0. The van der Waals surface area contributed by atoms with Gasteiger partial charge in [-0.25, -0.2) is 0 Å². The molecule has 3 heteroatoms. The Morgan fingerprint density at radius 3 is 2.71 bits per heavy atom. The summed E-state index contributed by atoms with van der Waals surface area (Å²) in [6, 6.07) is 6.28. The molecule has 0 saturated heterocycles. The Labute approximate surface area is 126 Å². The maximum atomic E-state index is 12.7. The van der Waals surface area contributed by atoms with E-state index in [1.54, 1.807) is 4.57 Å². The number of nitrogens with zero attached hydrogens (tertiary/aromatic N) is 2. The highest BCUT2D eigenvalue weighted by atomic mass is 16.2. The van der Waals surface area contributed by atoms with Crippen molar-refractivity contribution in [3.63, 3.8) is 0 Å². The SMILES string of the molecule is O=C([C@H]1CC=CCC1)n1ccccc1=NC1CCCCC1. The van der Waals surface area contributed by atoms with Gasteiger partial charge in [0.15, 0.2) is 0 Å². The van der Waals surface area contributed by atoms with Gasteiger partial charge in [-0.3, -0.25) is 14.4 Å². The van der Waals surface area contributed by atoms with E-state index < -0.39 is 0 Å². The van der Waals surface area contributed by atoms with Crippen LogP contribution in [0.25, 0.3) is 0 Å². The van der Waals surface area contributed by atoms with Crippen molar-refractivity contribution in [3.8, 4) is 0 Å². The number of carbonyl (C=O) groups is 1. The summed E-state index contributed by atoms with van der Waals surface area (Å²) in [5.74, 6) is 0.317. The number of pyridine rings is 1. The van der Waals surface area contributed by atoms with Crippen molar-refractivity contribution in [2.24, 2.45) is 10.9 Å². The molecule has 1 atom stereocenters. The largest absolute Gasteiger partial charge is 0.274 e. The molecule has 0 N–H and O–H groups in total. The molecule has 2 aliphatic rings. The van der Waals surface area contributed by atoms with Crippen molar-refractivity contribution in [2.75, 3.05) is 0 Å². The van der Waals surface area contributed by atoms with E-state index in [2.05, 4.69) is 12.2 Å². The lowest BCUT2D eigenvalue weighted by molar-refractivity contribution is 0.0819. The number of rotatable bonds is 2. The molecule has 1 saturated carbocycles. The quantitative estimate of drug-likeness (QED) is 0.762. The monoisotopic (exact) mass is 284 g/mol. The third-order valence-electron chi connectivity index (χ3n) is 4.58. The molecular formula is C18H24N2O. The third-order valence-corrected chi connectivity index (χ3v) is 4.58. The molecule has 2 aliphatic carbocycles. The minimum atomic E-state index is 0.114. The second kappa shape index (κ2) is 6.88. The molecule has 1 heterocycles. The van der Waals surface area contributed by atoms with Gasteiger partial charge in [-0.15, -0.1) is 0 Å². The minimum absolute atomic E-state index is 0.114. The molecule has 1 aromatic rings. The van der Waals surface area contributed by atoms with E-state index in [9.17, 15) is 4.79 Å². The fourth-order valence-electron chi connectivity index (χ4n) is 3.34. The zero-order valence-corrected chi connectivity index (χ0v) is 12.6. The number of aromatic nitrogens is 1. The zero-order valence-electron chi connectivity index (χ0n) is 12.6. The first-order valence-electron chi connectivity index (χ1n) is 8.25. The van der Waals surface area contributed by atoms with E-state index in [1.165, 1.54) is 19.3 Å². The fourth-order valence-corrected chi connectivity index (χ4v) is 3.34. The van der Waals surface area contributed by atoms with Crippen molar-refractivity contribution in [2.45, 2.75) is 57.4 Å². The van der Waals surface area contributed by atoms with Crippen LogP contribution in [0.5, 0.6) is 0 Å². The van der Waals surface area contributed by atoms with Crippen LogP contribution in [0, 0.1) is 5.92 Å². The molecule has 0 unspecified atom stereocenters. The van der Waals surface area contributed by atoms with Crippen molar-refractivity contribution in [3.05, 3.63) is 42.0 Å². The summed E-state index contributed by atoms with van der Waals surface area (Å²) in [5, 5.41) is 0. The van der Waals surface area contributed by atoms with Crippen LogP contribution in [-0.2, 0) is 0 Å².